The molecule has 1 fully saturated rings. The van der Waals surface area contributed by atoms with Crippen molar-refractivity contribution in [2.45, 2.75) is 0 Å². The zero-order valence-electron chi connectivity index (χ0n) is 8.70. The molecular formula is C10H11N5O. The highest BCUT2D eigenvalue weighted by molar-refractivity contribution is 5.74. The molecular weight excluding hydrogens is 206 g/mol. The van der Waals surface area contributed by atoms with Crippen molar-refractivity contribution in [2.24, 2.45) is 0 Å². The minimum atomic E-state index is 0.722. The molecule has 3 rings (SSSR count). The predicted octanol–water partition coefficient (Wildman–Crippen LogP) is 0.256. The van der Waals surface area contributed by atoms with Crippen LogP contribution in [0.15, 0.2) is 18.6 Å². The monoisotopic (exact) mass is 217 g/mol. The number of ether oxygens (including phenoxy) is 1. The Labute approximate surface area is 92.3 Å². The van der Waals surface area contributed by atoms with E-state index in [9.17, 15) is 0 Å². The highest BCUT2D eigenvalue weighted by Crippen LogP contribution is 2.15. The third-order valence-corrected chi connectivity index (χ3v) is 2.58. The van der Waals surface area contributed by atoms with Gasteiger partial charge in [0.25, 0.3) is 0 Å². The van der Waals surface area contributed by atoms with Gasteiger partial charge in [0, 0.05) is 19.2 Å². The summed E-state index contributed by atoms with van der Waals surface area (Å²) in [5, 5.41) is 8.27. The second kappa shape index (κ2) is 3.97. The molecule has 6 heteroatoms. The summed E-state index contributed by atoms with van der Waals surface area (Å²) < 4.78 is 5.29. The molecule has 0 N–H and O–H groups in total. The first-order valence-electron chi connectivity index (χ1n) is 5.19. The number of hydrogen-bond acceptors (Lipinski definition) is 6. The van der Waals surface area contributed by atoms with Crippen LogP contribution in [0.25, 0.3) is 11.0 Å². The van der Waals surface area contributed by atoms with Crippen LogP contribution >= 0.6 is 0 Å². The van der Waals surface area contributed by atoms with E-state index in [-0.39, 0.29) is 0 Å². The molecule has 82 valence electrons. The Morgan fingerprint density at radius 1 is 1.12 bits per heavy atom. The summed E-state index contributed by atoms with van der Waals surface area (Å²) in [6, 6.07) is 1.94. The molecule has 3 heterocycles. The highest BCUT2D eigenvalue weighted by Gasteiger charge is 2.13. The third-order valence-electron chi connectivity index (χ3n) is 2.58. The van der Waals surface area contributed by atoms with Crippen LogP contribution in [0, 0.1) is 0 Å². The van der Waals surface area contributed by atoms with Crippen molar-refractivity contribution in [1.29, 1.82) is 0 Å². The van der Waals surface area contributed by atoms with Gasteiger partial charge in [-0.15, -0.1) is 10.2 Å². The smallest absolute Gasteiger partial charge is 0.153 e. The molecule has 0 bridgehead atoms. The fourth-order valence-electron chi connectivity index (χ4n) is 1.72. The maximum absolute atomic E-state index is 5.29. The largest absolute Gasteiger partial charge is 0.378 e. The summed E-state index contributed by atoms with van der Waals surface area (Å²) in [6.45, 7) is 3.18. The number of rotatable bonds is 1. The van der Waals surface area contributed by atoms with Gasteiger partial charge in [0.2, 0.25) is 0 Å². The zero-order chi connectivity index (χ0) is 10.8. The van der Waals surface area contributed by atoms with Gasteiger partial charge in [-0.1, -0.05) is 0 Å². The van der Waals surface area contributed by atoms with E-state index in [0.29, 0.717) is 0 Å². The van der Waals surface area contributed by atoms with E-state index < -0.39 is 0 Å². The number of aromatic nitrogens is 4. The number of nitrogens with zero attached hydrogens (tertiary/aromatic N) is 5. The van der Waals surface area contributed by atoms with E-state index in [0.717, 1.165) is 43.2 Å². The molecule has 2 aromatic rings. The van der Waals surface area contributed by atoms with Crippen LogP contribution < -0.4 is 4.90 Å². The maximum atomic E-state index is 5.29. The second-order valence-corrected chi connectivity index (χ2v) is 3.60. The number of anilines is 1. The van der Waals surface area contributed by atoms with Crippen LogP contribution in [0.5, 0.6) is 0 Å². The topological polar surface area (TPSA) is 64.0 Å². The van der Waals surface area contributed by atoms with Crippen molar-refractivity contribution < 1.29 is 4.74 Å². The maximum Gasteiger partial charge on any atom is 0.153 e. The van der Waals surface area contributed by atoms with E-state index in [4.69, 9.17) is 4.74 Å². The van der Waals surface area contributed by atoms with Crippen LogP contribution in [-0.4, -0.2) is 46.5 Å². The van der Waals surface area contributed by atoms with Crippen molar-refractivity contribution in [1.82, 2.24) is 20.2 Å². The van der Waals surface area contributed by atoms with Crippen LogP contribution in [0.1, 0.15) is 0 Å². The Morgan fingerprint density at radius 2 is 2.00 bits per heavy atom. The van der Waals surface area contributed by atoms with Gasteiger partial charge in [0.15, 0.2) is 5.82 Å². The molecule has 1 aliphatic heterocycles. The Balaban J connectivity index is 1.97. The normalized spacial score (nSPS) is 16.6. The van der Waals surface area contributed by atoms with E-state index in [1.54, 1.807) is 6.20 Å². The lowest BCUT2D eigenvalue weighted by molar-refractivity contribution is 0.122. The Bertz CT molecular complexity index is 497. The van der Waals surface area contributed by atoms with E-state index in [1.807, 2.05) is 6.07 Å². The van der Waals surface area contributed by atoms with Crippen molar-refractivity contribution in [3.05, 3.63) is 18.6 Å². The number of hydrogen-bond donors (Lipinski definition) is 0. The summed E-state index contributed by atoms with van der Waals surface area (Å²) in [6.07, 6.45) is 3.19. The van der Waals surface area contributed by atoms with Gasteiger partial charge in [-0.05, 0) is 0 Å². The van der Waals surface area contributed by atoms with Gasteiger partial charge in [0.1, 0.15) is 11.8 Å². The molecule has 0 aromatic carbocycles. The first-order chi connectivity index (χ1) is 7.93. The molecule has 0 aliphatic carbocycles. The van der Waals surface area contributed by atoms with Crippen molar-refractivity contribution >= 4 is 16.9 Å². The first-order valence-corrected chi connectivity index (χ1v) is 5.19. The van der Waals surface area contributed by atoms with Crippen molar-refractivity contribution in [3.63, 3.8) is 0 Å². The molecule has 0 saturated carbocycles. The summed E-state index contributed by atoms with van der Waals surface area (Å²) >= 11 is 0. The fraction of sp³-hybridized carbons (Fsp3) is 0.400. The van der Waals surface area contributed by atoms with Crippen LogP contribution in [0.2, 0.25) is 0 Å². The minimum Gasteiger partial charge on any atom is -0.378 e. The van der Waals surface area contributed by atoms with Crippen molar-refractivity contribution in [2.75, 3.05) is 31.2 Å². The van der Waals surface area contributed by atoms with Gasteiger partial charge in [-0.2, -0.15) is 0 Å². The van der Waals surface area contributed by atoms with Gasteiger partial charge in [-0.3, -0.25) is 0 Å². The van der Waals surface area contributed by atoms with E-state index in [1.165, 1.54) is 6.33 Å². The predicted molar refractivity (Wildman–Crippen MR) is 58.2 cm³/mol. The molecule has 1 saturated heterocycles. The molecule has 0 amide bonds. The van der Waals surface area contributed by atoms with Crippen LogP contribution in [-0.2, 0) is 4.74 Å². The average Bonchev–Trinajstić information content (AvgIpc) is 2.39. The van der Waals surface area contributed by atoms with E-state index >= 15 is 0 Å². The quantitative estimate of drug-likeness (QED) is 0.682. The molecule has 0 spiro atoms. The minimum absolute atomic E-state index is 0.722. The Hall–Kier alpha value is -1.82. The van der Waals surface area contributed by atoms with Crippen molar-refractivity contribution in [3.8, 4) is 0 Å². The molecule has 2 aromatic heterocycles. The van der Waals surface area contributed by atoms with Gasteiger partial charge in [-0.25, -0.2) is 9.97 Å². The molecule has 6 nitrogen and oxygen atoms in total. The summed E-state index contributed by atoms with van der Waals surface area (Å²) in [4.78, 5) is 10.2. The van der Waals surface area contributed by atoms with Crippen LogP contribution in [0.3, 0.4) is 0 Å². The molecule has 1 aliphatic rings. The van der Waals surface area contributed by atoms with Gasteiger partial charge < -0.3 is 9.64 Å². The summed E-state index contributed by atoms with van der Waals surface area (Å²) in [7, 11) is 0. The van der Waals surface area contributed by atoms with Gasteiger partial charge in [0.05, 0.1) is 24.9 Å². The number of morpholine rings is 1. The van der Waals surface area contributed by atoms with Gasteiger partial charge >= 0.3 is 0 Å². The third kappa shape index (κ3) is 1.67. The molecule has 0 radical (unpaired) electrons. The lowest BCUT2D eigenvalue weighted by Crippen LogP contribution is -2.36. The SMILES string of the molecule is c1ncc2nnc(N3CCOCC3)cc2n1. The van der Waals surface area contributed by atoms with Crippen LogP contribution in [0.4, 0.5) is 5.82 Å². The number of fused-ring (bicyclic) bond motifs is 1. The summed E-state index contributed by atoms with van der Waals surface area (Å²) in [5.74, 6) is 0.856. The molecule has 16 heavy (non-hydrogen) atoms. The first kappa shape index (κ1) is 9.41. The lowest BCUT2D eigenvalue weighted by atomic mass is 10.3. The second-order valence-electron chi connectivity index (χ2n) is 3.60. The van der Waals surface area contributed by atoms with E-state index in [2.05, 4.69) is 25.1 Å². The lowest BCUT2D eigenvalue weighted by Gasteiger charge is -2.27. The Kier molecular flexibility index (Phi) is 2.34. The summed E-state index contributed by atoms with van der Waals surface area (Å²) in [5.41, 5.74) is 1.55. The highest BCUT2D eigenvalue weighted by atomic mass is 16.5. The fourth-order valence-corrected chi connectivity index (χ4v) is 1.72. The molecule has 0 unspecified atom stereocenters. The average molecular weight is 217 g/mol. The zero-order valence-corrected chi connectivity index (χ0v) is 8.70. The Morgan fingerprint density at radius 3 is 2.88 bits per heavy atom. The standard InChI is InChI=1S/C10H11N5O/c1-3-16-4-2-15(1)10-5-8-9(13-14-10)6-11-7-12-8/h5-7H,1-4H2. The molecule has 0 atom stereocenters.